The minimum Gasteiger partial charge on any atom is -0.351 e. The Morgan fingerprint density at radius 1 is 1.00 bits per heavy atom. The van der Waals surface area contributed by atoms with E-state index in [4.69, 9.17) is 11.6 Å². The Morgan fingerprint density at radius 2 is 1.70 bits per heavy atom. The van der Waals surface area contributed by atoms with Crippen molar-refractivity contribution >= 4 is 45.1 Å². The minimum absolute atomic E-state index is 0.128. The molecule has 160 valence electrons. The van der Waals surface area contributed by atoms with E-state index in [0.717, 1.165) is 21.3 Å². The van der Waals surface area contributed by atoms with Crippen molar-refractivity contribution in [1.82, 2.24) is 0 Å². The number of carbonyl (C=O) groups excluding carboxylic acids is 1. The summed E-state index contributed by atoms with van der Waals surface area (Å²) in [4.78, 5) is 16.0. The number of halogens is 2. The van der Waals surface area contributed by atoms with Gasteiger partial charge in [0.15, 0.2) is 11.2 Å². The number of fused-ring (bicyclic) bond motifs is 3. The summed E-state index contributed by atoms with van der Waals surface area (Å²) in [5, 5.41) is 21.4. The van der Waals surface area contributed by atoms with Gasteiger partial charge in [0, 0.05) is 26.7 Å². The smallest absolute Gasteiger partial charge is 0.185 e. The number of Topliss-reactive ketones (excluding diaryl/α,β-unsaturated/α-hetero) is 1. The molecule has 0 amide bonds. The third kappa shape index (κ3) is 3.28. The maximum Gasteiger partial charge on any atom is 0.185 e. The molecule has 3 atom stereocenters. The molecule has 3 aromatic rings. The van der Waals surface area contributed by atoms with E-state index in [-0.39, 0.29) is 5.78 Å². The molecule has 33 heavy (non-hydrogen) atoms. The van der Waals surface area contributed by atoms with Crippen molar-refractivity contribution in [3.8, 4) is 12.1 Å². The molecular formula is C27H17BrClN3O. The highest BCUT2D eigenvalue weighted by molar-refractivity contribution is 9.10. The molecule has 4 nitrogen and oxygen atoms in total. The summed E-state index contributed by atoms with van der Waals surface area (Å²) in [6, 6.07) is 25.3. The maximum atomic E-state index is 14.0. The van der Waals surface area contributed by atoms with Gasteiger partial charge in [0.1, 0.15) is 6.04 Å². The first kappa shape index (κ1) is 21.5. The zero-order valence-corrected chi connectivity index (χ0v) is 19.7. The van der Waals surface area contributed by atoms with Crippen LogP contribution >= 0.6 is 27.5 Å². The Labute approximate surface area is 205 Å². The number of hydrogen-bond acceptors (Lipinski definition) is 4. The van der Waals surface area contributed by atoms with Gasteiger partial charge < -0.3 is 4.90 Å². The van der Waals surface area contributed by atoms with Crippen molar-refractivity contribution < 1.29 is 4.79 Å². The van der Waals surface area contributed by atoms with Gasteiger partial charge >= 0.3 is 0 Å². The normalized spacial score (nSPS) is 22.1. The van der Waals surface area contributed by atoms with E-state index in [9.17, 15) is 15.3 Å². The zero-order chi connectivity index (χ0) is 23.2. The molecule has 5 rings (SSSR count). The van der Waals surface area contributed by atoms with Gasteiger partial charge in [-0.15, -0.1) is 0 Å². The topological polar surface area (TPSA) is 67.9 Å². The van der Waals surface area contributed by atoms with Gasteiger partial charge in [0.25, 0.3) is 0 Å². The molecule has 0 saturated carbocycles. The lowest BCUT2D eigenvalue weighted by Crippen LogP contribution is -2.44. The summed E-state index contributed by atoms with van der Waals surface area (Å²) in [5.41, 5.74) is 1.49. The molecule has 3 aromatic carbocycles. The Kier molecular flexibility index (Phi) is 5.33. The molecule has 0 radical (unpaired) electrons. The Balaban J connectivity index is 1.79. The van der Waals surface area contributed by atoms with Crippen LogP contribution in [-0.4, -0.2) is 17.9 Å². The van der Waals surface area contributed by atoms with Crippen LogP contribution in [0.1, 0.15) is 27.4 Å². The lowest BCUT2D eigenvalue weighted by molar-refractivity contribution is 0.0951. The van der Waals surface area contributed by atoms with E-state index in [0.29, 0.717) is 10.6 Å². The lowest BCUT2D eigenvalue weighted by Gasteiger charge is -2.35. The highest BCUT2D eigenvalue weighted by Crippen LogP contribution is 2.55. The van der Waals surface area contributed by atoms with Crippen molar-refractivity contribution in [2.24, 2.45) is 5.41 Å². The Bertz CT molecular complexity index is 1340. The number of nitriles is 2. The number of nitrogens with zero attached hydrogens (tertiary/aromatic N) is 3. The zero-order valence-electron chi connectivity index (χ0n) is 17.3. The highest BCUT2D eigenvalue weighted by atomic mass is 79.9. The number of benzene rings is 3. The van der Waals surface area contributed by atoms with Crippen LogP contribution in [0.25, 0.3) is 6.08 Å². The van der Waals surface area contributed by atoms with Gasteiger partial charge in [-0.05, 0) is 41.5 Å². The summed E-state index contributed by atoms with van der Waals surface area (Å²) >= 11 is 9.69. The fourth-order valence-electron chi connectivity index (χ4n) is 5.08. The summed E-state index contributed by atoms with van der Waals surface area (Å²) in [6.45, 7) is 0. The molecule has 1 saturated heterocycles. The number of hydrogen-bond donors (Lipinski definition) is 0. The fraction of sp³-hybridized carbons (Fsp3) is 0.148. The molecule has 6 heteroatoms. The van der Waals surface area contributed by atoms with E-state index < -0.39 is 23.4 Å². The molecule has 2 heterocycles. The number of carbonyl (C=O) groups is 1. The second kappa shape index (κ2) is 8.19. The highest BCUT2D eigenvalue weighted by Gasteiger charge is 2.63. The Hall–Kier alpha value is -3.38. The number of anilines is 1. The first-order chi connectivity index (χ1) is 16.0. The van der Waals surface area contributed by atoms with Gasteiger partial charge in [-0.3, -0.25) is 4.79 Å². The van der Waals surface area contributed by atoms with Crippen LogP contribution in [0.5, 0.6) is 0 Å². The fourth-order valence-corrected chi connectivity index (χ4v) is 5.53. The van der Waals surface area contributed by atoms with Crippen LogP contribution < -0.4 is 4.90 Å². The third-order valence-electron chi connectivity index (χ3n) is 6.52. The average molecular weight is 515 g/mol. The number of ketones is 1. The SMILES string of the molecule is N#CC1(C#N)C(c2ccc(Br)cc2)C(C(=O)c2ccccc2)N2c3ccc(Cl)cc3C=CC21. The van der Waals surface area contributed by atoms with Crippen LogP contribution in [0.4, 0.5) is 5.69 Å². The predicted molar refractivity (Wildman–Crippen MR) is 132 cm³/mol. The second-order valence-corrected chi connectivity index (χ2v) is 9.56. The van der Waals surface area contributed by atoms with Crippen LogP contribution in [0, 0.1) is 28.1 Å². The first-order valence-corrected chi connectivity index (χ1v) is 11.6. The van der Waals surface area contributed by atoms with Crippen LogP contribution in [-0.2, 0) is 0 Å². The summed E-state index contributed by atoms with van der Waals surface area (Å²) in [6.07, 6.45) is 3.75. The molecule has 2 aliphatic heterocycles. The molecule has 2 aliphatic rings. The monoisotopic (exact) mass is 513 g/mol. The van der Waals surface area contributed by atoms with Gasteiger partial charge in [-0.1, -0.05) is 82.1 Å². The summed E-state index contributed by atoms with van der Waals surface area (Å²) in [7, 11) is 0. The van der Waals surface area contributed by atoms with Crippen molar-refractivity contribution in [1.29, 1.82) is 10.5 Å². The van der Waals surface area contributed by atoms with Gasteiger partial charge in [0.2, 0.25) is 0 Å². The Morgan fingerprint density at radius 3 is 2.36 bits per heavy atom. The summed E-state index contributed by atoms with van der Waals surface area (Å²) < 4.78 is 0.882. The van der Waals surface area contributed by atoms with Gasteiger partial charge in [0.05, 0.1) is 18.2 Å². The standard InChI is InChI=1S/C27H17BrClN3O/c28-20-9-6-17(7-10-20)24-25(26(33)18-4-2-1-3-5-18)32-22-12-11-21(29)14-19(22)8-13-23(32)27(24,15-30)16-31/h1-14,23-25H. The third-order valence-corrected chi connectivity index (χ3v) is 7.29. The molecule has 1 fully saturated rings. The van der Waals surface area contributed by atoms with Crippen molar-refractivity contribution in [2.75, 3.05) is 4.90 Å². The van der Waals surface area contributed by atoms with Crippen molar-refractivity contribution in [3.63, 3.8) is 0 Å². The molecule has 0 aliphatic carbocycles. The molecule has 0 spiro atoms. The van der Waals surface area contributed by atoms with Gasteiger partial charge in [-0.25, -0.2) is 0 Å². The predicted octanol–water partition coefficient (Wildman–Crippen LogP) is 6.39. The molecule has 0 bridgehead atoms. The van der Waals surface area contributed by atoms with Crippen molar-refractivity contribution in [2.45, 2.75) is 18.0 Å². The summed E-state index contributed by atoms with van der Waals surface area (Å²) in [5.74, 6) is -0.790. The molecular weight excluding hydrogens is 498 g/mol. The minimum atomic E-state index is -1.46. The number of rotatable bonds is 3. The van der Waals surface area contributed by atoms with E-state index in [1.165, 1.54) is 0 Å². The van der Waals surface area contributed by atoms with Crippen LogP contribution in [0.2, 0.25) is 5.02 Å². The molecule has 3 unspecified atom stereocenters. The van der Waals surface area contributed by atoms with E-state index in [1.54, 1.807) is 18.2 Å². The lowest BCUT2D eigenvalue weighted by atomic mass is 9.69. The second-order valence-electron chi connectivity index (χ2n) is 8.21. The van der Waals surface area contributed by atoms with E-state index >= 15 is 0 Å². The first-order valence-electron chi connectivity index (χ1n) is 10.4. The van der Waals surface area contributed by atoms with Gasteiger partial charge in [-0.2, -0.15) is 10.5 Å². The maximum absolute atomic E-state index is 14.0. The van der Waals surface area contributed by atoms with Crippen LogP contribution in [0.15, 0.2) is 83.3 Å². The van der Waals surface area contributed by atoms with E-state index in [2.05, 4.69) is 28.1 Å². The van der Waals surface area contributed by atoms with Crippen molar-refractivity contribution in [3.05, 3.63) is 105 Å². The molecule has 0 aromatic heterocycles. The molecule has 0 N–H and O–H groups in total. The van der Waals surface area contributed by atoms with Crippen LogP contribution in [0.3, 0.4) is 0 Å². The largest absolute Gasteiger partial charge is 0.351 e. The average Bonchev–Trinajstić information content (AvgIpc) is 3.15. The van der Waals surface area contributed by atoms with E-state index in [1.807, 2.05) is 71.6 Å². The quantitative estimate of drug-likeness (QED) is 0.380.